The lowest BCUT2D eigenvalue weighted by atomic mass is 10.3. The van der Waals surface area contributed by atoms with Gasteiger partial charge in [0.25, 0.3) is 0 Å². The van der Waals surface area contributed by atoms with E-state index in [0.29, 0.717) is 5.01 Å². The van der Waals surface area contributed by atoms with Crippen molar-refractivity contribution in [2.24, 2.45) is 0 Å². The van der Waals surface area contributed by atoms with Gasteiger partial charge in [-0.25, -0.2) is 9.37 Å². The van der Waals surface area contributed by atoms with Gasteiger partial charge in [0.2, 0.25) is 0 Å². The van der Waals surface area contributed by atoms with Gasteiger partial charge in [-0.1, -0.05) is 0 Å². The summed E-state index contributed by atoms with van der Waals surface area (Å²) >= 11 is 1.27. The number of alkyl halides is 1. The zero-order chi connectivity index (χ0) is 7.90. The molecule has 1 aromatic heterocycles. The van der Waals surface area contributed by atoms with Crippen molar-refractivity contribution < 1.29 is 9.50 Å². The Labute approximate surface area is 67.7 Å². The molecular weight excluding hydrogens is 165 g/mol. The van der Waals surface area contributed by atoms with Crippen molar-refractivity contribution in [3.63, 3.8) is 0 Å². The lowest BCUT2D eigenvalue weighted by molar-refractivity contribution is 0.155. The zero-order valence-corrected chi connectivity index (χ0v) is 6.70. The van der Waals surface area contributed by atoms with E-state index in [1.165, 1.54) is 11.3 Å². The Morgan fingerprint density at radius 3 is 2.91 bits per heavy atom. The van der Waals surface area contributed by atoms with Crippen LogP contribution in [0, 0.1) is 0 Å². The first kappa shape index (κ1) is 7.18. The molecule has 1 aliphatic carbocycles. The highest BCUT2D eigenvalue weighted by Gasteiger charge is 2.43. The number of thiazole rings is 1. The normalized spacial score (nSPS) is 20.2. The first-order valence-corrected chi connectivity index (χ1v) is 4.30. The Balaban J connectivity index is 2.25. The second-order valence-corrected chi connectivity index (χ2v) is 3.90. The fourth-order valence-electron chi connectivity index (χ4n) is 0.952. The number of halogens is 1. The third-order valence-electron chi connectivity index (χ3n) is 1.85. The van der Waals surface area contributed by atoms with Crippen LogP contribution in [0.5, 0.6) is 0 Å². The first-order valence-electron chi connectivity index (χ1n) is 3.48. The van der Waals surface area contributed by atoms with Crippen molar-refractivity contribution in [3.8, 4) is 0 Å². The van der Waals surface area contributed by atoms with E-state index in [9.17, 15) is 9.50 Å². The van der Waals surface area contributed by atoms with Crippen molar-refractivity contribution in [1.82, 2.24) is 4.98 Å². The van der Waals surface area contributed by atoms with E-state index >= 15 is 0 Å². The van der Waals surface area contributed by atoms with Crippen molar-refractivity contribution in [1.29, 1.82) is 0 Å². The largest absolute Gasteiger partial charge is 0.384 e. The van der Waals surface area contributed by atoms with Gasteiger partial charge in [0.15, 0.2) is 0 Å². The van der Waals surface area contributed by atoms with E-state index in [0.717, 1.165) is 17.7 Å². The van der Waals surface area contributed by atoms with Crippen molar-refractivity contribution in [2.75, 3.05) is 0 Å². The lowest BCUT2D eigenvalue weighted by Crippen LogP contribution is -1.99. The smallest absolute Gasteiger partial charge is 0.141 e. The minimum absolute atomic E-state index is 0.459. The molecule has 0 unspecified atom stereocenters. The van der Waals surface area contributed by atoms with Gasteiger partial charge >= 0.3 is 0 Å². The zero-order valence-electron chi connectivity index (χ0n) is 5.88. The van der Waals surface area contributed by atoms with E-state index in [1.54, 1.807) is 6.20 Å². The quantitative estimate of drug-likeness (QED) is 0.736. The molecule has 1 saturated carbocycles. The Bertz CT molecular complexity index is 269. The molecule has 0 saturated heterocycles. The third kappa shape index (κ3) is 1.16. The summed E-state index contributed by atoms with van der Waals surface area (Å²) in [6.07, 6.45) is 3.16. The Hall–Kier alpha value is -0.480. The van der Waals surface area contributed by atoms with E-state index in [-0.39, 0.29) is 0 Å². The average Bonchev–Trinajstić information content (AvgIpc) is 2.61. The molecule has 0 bridgehead atoms. The molecule has 60 valence electrons. The van der Waals surface area contributed by atoms with Crippen molar-refractivity contribution in [2.45, 2.75) is 25.1 Å². The number of nitrogens with zero attached hydrogens (tertiary/aromatic N) is 1. The van der Waals surface area contributed by atoms with Gasteiger partial charge in [0.05, 0.1) is 4.88 Å². The SMILES string of the molecule is OC1(c2cnc(CF)s2)CC1. The van der Waals surface area contributed by atoms with E-state index < -0.39 is 12.3 Å². The molecule has 1 fully saturated rings. The average molecular weight is 173 g/mol. The van der Waals surface area contributed by atoms with Crippen molar-refractivity contribution >= 4 is 11.3 Å². The number of rotatable bonds is 2. The summed E-state index contributed by atoms with van der Waals surface area (Å²) < 4.78 is 12.0. The van der Waals surface area contributed by atoms with E-state index in [4.69, 9.17) is 0 Å². The molecule has 1 aliphatic rings. The molecular formula is C7H8FNOS. The van der Waals surface area contributed by atoms with Gasteiger partial charge < -0.3 is 5.11 Å². The Morgan fingerprint density at radius 1 is 1.73 bits per heavy atom. The molecule has 1 heterocycles. The van der Waals surface area contributed by atoms with Crippen LogP contribution in [0.4, 0.5) is 4.39 Å². The fraction of sp³-hybridized carbons (Fsp3) is 0.571. The second-order valence-electron chi connectivity index (χ2n) is 2.78. The monoisotopic (exact) mass is 173 g/mol. The maximum Gasteiger partial charge on any atom is 0.141 e. The highest BCUT2D eigenvalue weighted by Crippen LogP contribution is 2.47. The van der Waals surface area contributed by atoms with Crippen LogP contribution in [-0.4, -0.2) is 10.1 Å². The van der Waals surface area contributed by atoms with Crippen LogP contribution >= 0.6 is 11.3 Å². The molecule has 0 radical (unpaired) electrons. The summed E-state index contributed by atoms with van der Waals surface area (Å²) in [6.45, 7) is -0.527. The van der Waals surface area contributed by atoms with Crippen LogP contribution in [0.15, 0.2) is 6.20 Å². The van der Waals surface area contributed by atoms with E-state index in [1.807, 2.05) is 0 Å². The van der Waals surface area contributed by atoms with Crippen LogP contribution in [-0.2, 0) is 12.3 Å². The molecule has 2 nitrogen and oxygen atoms in total. The van der Waals surface area contributed by atoms with Crippen LogP contribution in [0.1, 0.15) is 22.7 Å². The van der Waals surface area contributed by atoms with Gasteiger partial charge in [-0.3, -0.25) is 0 Å². The van der Waals surface area contributed by atoms with E-state index in [2.05, 4.69) is 4.98 Å². The lowest BCUT2D eigenvalue weighted by Gasteiger charge is -1.99. The van der Waals surface area contributed by atoms with Gasteiger partial charge in [0.1, 0.15) is 17.3 Å². The predicted molar refractivity (Wildman–Crippen MR) is 40.1 cm³/mol. The summed E-state index contributed by atoms with van der Waals surface area (Å²) in [5, 5.41) is 10.0. The minimum Gasteiger partial charge on any atom is -0.384 e. The molecule has 0 atom stereocenters. The Morgan fingerprint density at radius 2 is 2.45 bits per heavy atom. The summed E-state index contributed by atoms with van der Waals surface area (Å²) in [5.41, 5.74) is -0.648. The number of aliphatic hydroxyl groups is 1. The topological polar surface area (TPSA) is 33.1 Å². The van der Waals surface area contributed by atoms with Crippen LogP contribution in [0.2, 0.25) is 0 Å². The summed E-state index contributed by atoms with van der Waals surface area (Å²) in [6, 6.07) is 0. The molecule has 0 spiro atoms. The van der Waals surface area contributed by atoms with Gasteiger partial charge in [-0.05, 0) is 12.8 Å². The number of aromatic nitrogens is 1. The predicted octanol–water partition coefficient (Wildman–Crippen LogP) is 1.59. The van der Waals surface area contributed by atoms with Gasteiger partial charge in [0, 0.05) is 6.20 Å². The summed E-state index contributed by atoms with van der Waals surface area (Å²) in [5.74, 6) is 0. The Kier molecular flexibility index (Phi) is 1.47. The number of hydrogen-bond donors (Lipinski definition) is 1. The van der Waals surface area contributed by atoms with Crippen LogP contribution in [0.3, 0.4) is 0 Å². The standard InChI is InChI=1S/C7H8FNOS/c8-3-6-9-4-5(11-6)7(10)1-2-7/h4,10H,1-3H2. The number of hydrogen-bond acceptors (Lipinski definition) is 3. The molecule has 2 rings (SSSR count). The van der Waals surface area contributed by atoms with Gasteiger partial charge in [-0.15, -0.1) is 11.3 Å². The minimum atomic E-state index is -0.648. The van der Waals surface area contributed by atoms with Crippen molar-refractivity contribution in [3.05, 3.63) is 16.1 Å². The third-order valence-corrected chi connectivity index (χ3v) is 3.01. The molecule has 0 amide bonds. The molecule has 11 heavy (non-hydrogen) atoms. The maximum atomic E-state index is 12.0. The highest BCUT2D eigenvalue weighted by atomic mass is 32.1. The fourth-order valence-corrected chi connectivity index (χ4v) is 1.87. The second kappa shape index (κ2) is 2.25. The molecule has 0 aromatic carbocycles. The first-order chi connectivity index (χ1) is 5.24. The van der Waals surface area contributed by atoms with Gasteiger partial charge in [-0.2, -0.15) is 0 Å². The maximum absolute atomic E-state index is 12.0. The highest BCUT2D eigenvalue weighted by molar-refractivity contribution is 7.11. The van der Waals surface area contributed by atoms with Crippen LogP contribution in [0.25, 0.3) is 0 Å². The summed E-state index contributed by atoms with van der Waals surface area (Å²) in [4.78, 5) is 4.63. The summed E-state index contributed by atoms with van der Waals surface area (Å²) in [7, 11) is 0. The molecule has 4 heteroatoms. The molecule has 1 N–H and O–H groups in total. The molecule has 1 aromatic rings. The van der Waals surface area contributed by atoms with Crippen LogP contribution < -0.4 is 0 Å². The molecule has 0 aliphatic heterocycles.